The van der Waals surface area contributed by atoms with Gasteiger partial charge in [0.15, 0.2) is 5.96 Å². The second-order valence-corrected chi connectivity index (χ2v) is 7.61. The Hall–Kier alpha value is -2.40. The van der Waals surface area contributed by atoms with Gasteiger partial charge in [-0.15, -0.1) is 24.0 Å². The maximum atomic E-state index is 14.0. The van der Waals surface area contributed by atoms with Crippen molar-refractivity contribution in [3.8, 4) is 11.4 Å². The van der Waals surface area contributed by atoms with Crippen LogP contribution in [0.5, 0.6) is 0 Å². The molecule has 170 valence electrons. The third kappa shape index (κ3) is 5.89. The van der Waals surface area contributed by atoms with Gasteiger partial charge >= 0.3 is 0 Å². The number of hydrogen-bond acceptors (Lipinski definition) is 5. The Bertz CT molecular complexity index is 1050. The molecular formula is C22H25ClFIN6O. The number of hydrogen-bond donors (Lipinski definition) is 1. The number of nitrogens with zero attached hydrogens (tertiary/aromatic N) is 5. The molecule has 0 saturated carbocycles. The van der Waals surface area contributed by atoms with Crippen molar-refractivity contribution in [1.29, 1.82) is 0 Å². The highest BCUT2D eigenvalue weighted by Gasteiger charge is 2.21. The molecule has 1 aromatic heterocycles. The summed E-state index contributed by atoms with van der Waals surface area (Å²) in [7, 11) is 1.76. The first-order valence-corrected chi connectivity index (χ1v) is 10.6. The average Bonchev–Trinajstić information content (AvgIpc) is 3.26. The second-order valence-electron chi connectivity index (χ2n) is 7.17. The van der Waals surface area contributed by atoms with E-state index in [2.05, 4.69) is 30.2 Å². The molecule has 2 heterocycles. The maximum Gasteiger partial charge on any atom is 0.228 e. The van der Waals surface area contributed by atoms with Crippen molar-refractivity contribution >= 4 is 47.2 Å². The van der Waals surface area contributed by atoms with Gasteiger partial charge in [0.05, 0.1) is 5.69 Å². The summed E-state index contributed by atoms with van der Waals surface area (Å²) in [6.45, 7) is 3.58. The largest absolute Gasteiger partial charge is 0.366 e. The zero-order valence-electron chi connectivity index (χ0n) is 17.7. The van der Waals surface area contributed by atoms with Crippen LogP contribution >= 0.6 is 35.6 Å². The lowest BCUT2D eigenvalue weighted by Crippen LogP contribution is -2.53. The number of nitrogens with one attached hydrogen (secondary N) is 1. The number of aromatic nitrogens is 2. The molecule has 1 aliphatic heterocycles. The Morgan fingerprint density at radius 3 is 2.66 bits per heavy atom. The lowest BCUT2D eigenvalue weighted by atomic mass is 10.2. The minimum absolute atomic E-state index is 0. The van der Waals surface area contributed by atoms with Crippen molar-refractivity contribution in [3.05, 3.63) is 65.3 Å². The fraction of sp³-hybridized carbons (Fsp3) is 0.318. The molecule has 0 amide bonds. The van der Waals surface area contributed by atoms with Gasteiger partial charge < -0.3 is 19.6 Å². The number of anilines is 1. The Balaban J connectivity index is 0.00000289. The van der Waals surface area contributed by atoms with Crippen LogP contribution in [0.1, 0.15) is 5.89 Å². The average molecular weight is 571 g/mol. The van der Waals surface area contributed by atoms with Crippen LogP contribution in [0.2, 0.25) is 5.02 Å². The molecule has 0 bridgehead atoms. The van der Waals surface area contributed by atoms with Gasteiger partial charge in [-0.05, 0) is 24.3 Å². The fourth-order valence-electron chi connectivity index (χ4n) is 3.58. The molecule has 1 saturated heterocycles. The number of piperazine rings is 1. The van der Waals surface area contributed by atoms with Gasteiger partial charge in [-0.3, -0.25) is 4.99 Å². The predicted molar refractivity (Wildman–Crippen MR) is 135 cm³/mol. The van der Waals surface area contributed by atoms with Gasteiger partial charge in [0, 0.05) is 56.8 Å². The molecule has 0 aliphatic carbocycles. The van der Waals surface area contributed by atoms with Crippen molar-refractivity contribution in [2.75, 3.05) is 44.7 Å². The van der Waals surface area contributed by atoms with E-state index >= 15 is 0 Å². The normalized spacial score (nSPS) is 14.3. The SMILES string of the molecule is CN=C(NCCc1nc(-c2cccc(Cl)c2)no1)N1CCN(c2ccccc2F)CC1.I. The molecule has 10 heteroatoms. The molecule has 1 N–H and O–H groups in total. The highest BCUT2D eigenvalue weighted by Crippen LogP contribution is 2.21. The number of halogens is 3. The zero-order chi connectivity index (χ0) is 21.6. The van der Waals surface area contributed by atoms with Gasteiger partial charge in [-0.25, -0.2) is 4.39 Å². The lowest BCUT2D eigenvalue weighted by molar-refractivity contribution is 0.364. The summed E-state index contributed by atoms with van der Waals surface area (Å²) in [4.78, 5) is 13.0. The topological polar surface area (TPSA) is 69.8 Å². The number of rotatable bonds is 5. The summed E-state index contributed by atoms with van der Waals surface area (Å²) in [6, 6.07) is 14.2. The van der Waals surface area contributed by atoms with Crippen molar-refractivity contribution < 1.29 is 8.91 Å². The summed E-state index contributed by atoms with van der Waals surface area (Å²) in [5, 5.41) is 8.01. The van der Waals surface area contributed by atoms with E-state index in [1.165, 1.54) is 6.07 Å². The first kappa shape index (κ1) is 24.2. The minimum Gasteiger partial charge on any atom is -0.366 e. The predicted octanol–water partition coefficient (Wildman–Crippen LogP) is 4.09. The molecule has 0 atom stereocenters. The fourth-order valence-corrected chi connectivity index (χ4v) is 3.77. The third-order valence-electron chi connectivity index (χ3n) is 5.16. The van der Waals surface area contributed by atoms with E-state index in [1.807, 2.05) is 24.3 Å². The maximum absolute atomic E-state index is 14.0. The third-order valence-corrected chi connectivity index (χ3v) is 5.39. The molecule has 2 aromatic carbocycles. The van der Waals surface area contributed by atoms with Crippen LogP contribution in [-0.2, 0) is 6.42 Å². The molecule has 32 heavy (non-hydrogen) atoms. The monoisotopic (exact) mass is 570 g/mol. The molecule has 3 aromatic rings. The summed E-state index contributed by atoms with van der Waals surface area (Å²) in [6.07, 6.45) is 0.571. The Labute approximate surface area is 208 Å². The van der Waals surface area contributed by atoms with Crippen LogP contribution in [0.4, 0.5) is 10.1 Å². The molecule has 0 radical (unpaired) electrons. The highest BCUT2D eigenvalue weighted by molar-refractivity contribution is 14.0. The molecule has 0 spiro atoms. The van der Waals surface area contributed by atoms with Crippen LogP contribution in [0.3, 0.4) is 0 Å². The van der Waals surface area contributed by atoms with Gasteiger partial charge in [0.2, 0.25) is 11.7 Å². The summed E-state index contributed by atoms with van der Waals surface area (Å²) < 4.78 is 19.4. The molecule has 7 nitrogen and oxygen atoms in total. The van der Waals surface area contributed by atoms with Crippen molar-refractivity contribution in [2.24, 2.45) is 4.99 Å². The van der Waals surface area contributed by atoms with Crippen LogP contribution in [0.15, 0.2) is 58.0 Å². The van der Waals surface area contributed by atoms with Crippen LogP contribution in [0.25, 0.3) is 11.4 Å². The summed E-state index contributed by atoms with van der Waals surface area (Å²) in [5.74, 6) is 1.69. The van der Waals surface area contributed by atoms with E-state index in [1.54, 1.807) is 25.2 Å². The lowest BCUT2D eigenvalue weighted by Gasteiger charge is -2.37. The quantitative estimate of drug-likeness (QED) is 0.283. The van der Waals surface area contributed by atoms with Crippen LogP contribution in [-0.4, -0.2) is 60.8 Å². The van der Waals surface area contributed by atoms with Crippen molar-refractivity contribution in [3.63, 3.8) is 0 Å². The molecule has 1 aliphatic rings. The first-order valence-electron chi connectivity index (χ1n) is 10.2. The van der Waals surface area contributed by atoms with E-state index < -0.39 is 0 Å². The van der Waals surface area contributed by atoms with Crippen molar-refractivity contribution in [1.82, 2.24) is 20.4 Å². The standard InChI is InChI=1S/C22H24ClFN6O.HI/c1-25-22(30-13-11-29(12-14-30)19-8-3-2-7-18(19)24)26-10-9-20-27-21(28-31-20)16-5-4-6-17(23)15-16;/h2-8,15H,9-14H2,1H3,(H,25,26);1H. The van der Waals surface area contributed by atoms with E-state index in [4.69, 9.17) is 16.1 Å². The minimum atomic E-state index is -0.185. The Morgan fingerprint density at radius 2 is 1.94 bits per heavy atom. The van der Waals surface area contributed by atoms with E-state index in [0.29, 0.717) is 35.4 Å². The number of para-hydroxylation sites is 1. The van der Waals surface area contributed by atoms with Gasteiger partial charge in [-0.2, -0.15) is 4.98 Å². The molecule has 1 fully saturated rings. The molecule has 4 rings (SSSR count). The first-order chi connectivity index (χ1) is 15.1. The van der Waals surface area contributed by atoms with E-state index in [0.717, 1.165) is 37.7 Å². The van der Waals surface area contributed by atoms with Crippen LogP contribution in [0, 0.1) is 5.82 Å². The highest BCUT2D eigenvalue weighted by atomic mass is 127. The molecular weight excluding hydrogens is 546 g/mol. The smallest absolute Gasteiger partial charge is 0.228 e. The molecule has 0 unspecified atom stereocenters. The number of aliphatic imine (C=N–C) groups is 1. The van der Waals surface area contributed by atoms with Crippen molar-refractivity contribution in [2.45, 2.75) is 6.42 Å². The van der Waals surface area contributed by atoms with Gasteiger partial charge in [0.1, 0.15) is 5.82 Å². The Morgan fingerprint density at radius 1 is 1.16 bits per heavy atom. The van der Waals surface area contributed by atoms with Crippen LogP contribution < -0.4 is 10.2 Å². The number of benzene rings is 2. The van der Waals surface area contributed by atoms with E-state index in [9.17, 15) is 4.39 Å². The Kier molecular flexibility index (Phi) is 8.68. The summed E-state index contributed by atoms with van der Waals surface area (Å²) in [5.41, 5.74) is 1.47. The zero-order valence-corrected chi connectivity index (χ0v) is 20.8. The second kappa shape index (κ2) is 11.5. The summed E-state index contributed by atoms with van der Waals surface area (Å²) >= 11 is 6.03. The van der Waals surface area contributed by atoms with Gasteiger partial charge in [0.25, 0.3) is 0 Å². The van der Waals surface area contributed by atoms with Gasteiger partial charge in [-0.1, -0.05) is 41.0 Å². The van der Waals surface area contributed by atoms with E-state index in [-0.39, 0.29) is 29.8 Å². The number of guanidine groups is 1.